The third-order valence-electron chi connectivity index (χ3n) is 2.33. The maximum Gasteiger partial charge on any atom is 0.0844 e. The summed E-state index contributed by atoms with van der Waals surface area (Å²) in [4.78, 5) is 0.989. The fourth-order valence-electron chi connectivity index (χ4n) is 1.54. The first-order valence-corrected chi connectivity index (χ1v) is 5.86. The van der Waals surface area contributed by atoms with E-state index >= 15 is 0 Å². The second kappa shape index (κ2) is 4.94. The molecule has 0 aromatic rings. The molecule has 1 aliphatic rings. The lowest BCUT2D eigenvalue weighted by atomic mass is 9.94. The Morgan fingerprint density at radius 2 is 1.25 bits per heavy atom. The van der Waals surface area contributed by atoms with Crippen LogP contribution < -0.4 is 0 Å². The van der Waals surface area contributed by atoms with Crippen molar-refractivity contribution in [3.8, 4) is 0 Å². The van der Waals surface area contributed by atoms with Gasteiger partial charge in [0.05, 0.1) is 12.2 Å². The number of alkyl halides is 2. The zero-order valence-electron chi connectivity index (χ0n) is 7.30. The van der Waals surface area contributed by atoms with E-state index in [1.165, 1.54) is 0 Å². The number of ether oxygens (including phenoxy) is 2. The van der Waals surface area contributed by atoms with Crippen LogP contribution in [0.5, 0.6) is 0 Å². The average molecular weight is 302 g/mol. The number of hydrogen-bond donors (Lipinski definition) is 0. The van der Waals surface area contributed by atoms with E-state index in [4.69, 9.17) is 9.47 Å². The predicted molar refractivity (Wildman–Crippen MR) is 56.3 cm³/mol. The molecule has 72 valence electrons. The van der Waals surface area contributed by atoms with Gasteiger partial charge in [-0.05, 0) is 12.8 Å². The van der Waals surface area contributed by atoms with Gasteiger partial charge in [0.15, 0.2) is 0 Å². The highest BCUT2D eigenvalue weighted by Crippen LogP contribution is 2.32. The summed E-state index contributed by atoms with van der Waals surface area (Å²) in [5.41, 5.74) is 0. The van der Waals surface area contributed by atoms with Gasteiger partial charge >= 0.3 is 0 Å². The van der Waals surface area contributed by atoms with Crippen molar-refractivity contribution < 1.29 is 9.47 Å². The number of methoxy groups -OCH3 is 2. The summed E-state index contributed by atoms with van der Waals surface area (Å²) in [6.07, 6.45) is 2.47. The van der Waals surface area contributed by atoms with E-state index in [1.807, 2.05) is 0 Å². The molecule has 0 bridgehead atoms. The minimum absolute atomic E-state index is 0.230. The van der Waals surface area contributed by atoms with Gasteiger partial charge in [-0.1, -0.05) is 31.9 Å². The highest BCUT2D eigenvalue weighted by Gasteiger charge is 2.34. The first kappa shape index (κ1) is 11.0. The van der Waals surface area contributed by atoms with Gasteiger partial charge in [0.25, 0.3) is 0 Å². The predicted octanol–water partition coefficient (Wildman–Crippen LogP) is 2.34. The molecule has 0 saturated heterocycles. The van der Waals surface area contributed by atoms with Crippen molar-refractivity contribution in [2.45, 2.75) is 34.7 Å². The Kier molecular flexibility index (Phi) is 4.51. The highest BCUT2D eigenvalue weighted by atomic mass is 79.9. The highest BCUT2D eigenvalue weighted by molar-refractivity contribution is 9.12. The van der Waals surface area contributed by atoms with Crippen LogP contribution in [0.25, 0.3) is 0 Å². The van der Waals surface area contributed by atoms with Crippen molar-refractivity contribution in [2.75, 3.05) is 14.2 Å². The summed E-state index contributed by atoms with van der Waals surface area (Å²) in [5.74, 6) is 0. The number of hydrogen-bond acceptors (Lipinski definition) is 2. The standard InChI is InChI=1S/C8H14Br2O2/c1-11-7-3-5(9)6(10)4-8(7)12-2/h5-8H,3-4H2,1-2H3. The normalized spacial score (nSPS) is 43.0. The van der Waals surface area contributed by atoms with Crippen molar-refractivity contribution in [3.63, 3.8) is 0 Å². The van der Waals surface area contributed by atoms with E-state index in [1.54, 1.807) is 14.2 Å². The Labute approximate surface area is 90.3 Å². The first-order chi connectivity index (χ1) is 5.69. The minimum atomic E-state index is 0.230. The molecule has 12 heavy (non-hydrogen) atoms. The molecule has 0 amide bonds. The van der Waals surface area contributed by atoms with Crippen LogP contribution >= 0.6 is 31.9 Å². The molecule has 0 radical (unpaired) electrons. The molecule has 0 N–H and O–H groups in total. The van der Waals surface area contributed by atoms with Crippen LogP contribution in [0.4, 0.5) is 0 Å². The van der Waals surface area contributed by atoms with Crippen molar-refractivity contribution in [1.29, 1.82) is 0 Å². The summed E-state index contributed by atoms with van der Waals surface area (Å²) < 4.78 is 10.7. The van der Waals surface area contributed by atoms with Crippen LogP contribution in [-0.4, -0.2) is 36.1 Å². The molecule has 1 saturated carbocycles. The van der Waals surface area contributed by atoms with Crippen LogP contribution in [0.3, 0.4) is 0 Å². The fraction of sp³-hybridized carbons (Fsp3) is 1.00. The largest absolute Gasteiger partial charge is 0.379 e. The lowest BCUT2D eigenvalue weighted by molar-refractivity contribution is -0.0540. The quantitative estimate of drug-likeness (QED) is 0.729. The van der Waals surface area contributed by atoms with E-state index in [9.17, 15) is 0 Å². The Bertz CT molecular complexity index is 127. The van der Waals surface area contributed by atoms with Gasteiger partial charge in [0.2, 0.25) is 0 Å². The Morgan fingerprint density at radius 1 is 0.917 bits per heavy atom. The fourth-order valence-corrected chi connectivity index (χ4v) is 2.71. The molecule has 2 nitrogen and oxygen atoms in total. The van der Waals surface area contributed by atoms with Crippen LogP contribution in [0, 0.1) is 0 Å². The summed E-state index contributed by atoms with van der Waals surface area (Å²) >= 11 is 7.22. The lowest BCUT2D eigenvalue weighted by Crippen LogP contribution is -2.42. The summed E-state index contributed by atoms with van der Waals surface area (Å²) in [6, 6.07) is 0. The molecule has 1 rings (SSSR count). The molecular weight excluding hydrogens is 288 g/mol. The number of rotatable bonds is 2. The monoisotopic (exact) mass is 300 g/mol. The molecule has 0 heterocycles. The second-order valence-electron chi connectivity index (χ2n) is 3.05. The molecule has 4 atom stereocenters. The molecule has 1 aliphatic carbocycles. The van der Waals surface area contributed by atoms with E-state index in [-0.39, 0.29) is 12.2 Å². The molecule has 4 unspecified atom stereocenters. The molecule has 0 aliphatic heterocycles. The maximum atomic E-state index is 5.34. The van der Waals surface area contributed by atoms with Crippen LogP contribution in [0.2, 0.25) is 0 Å². The van der Waals surface area contributed by atoms with Gasteiger partial charge in [-0.3, -0.25) is 0 Å². The van der Waals surface area contributed by atoms with Crippen LogP contribution in [0.1, 0.15) is 12.8 Å². The summed E-state index contributed by atoms with van der Waals surface area (Å²) in [7, 11) is 3.48. The Balaban J connectivity index is 2.52. The average Bonchev–Trinajstić information content (AvgIpc) is 2.09. The SMILES string of the molecule is COC1CC(Br)C(Br)CC1OC. The molecule has 0 aromatic heterocycles. The van der Waals surface area contributed by atoms with Gasteiger partial charge in [-0.15, -0.1) is 0 Å². The molecule has 0 spiro atoms. The van der Waals surface area contributed by atoms with Crippen molar-refractivity contribution >= 4 is 31.9 Å². The van der Waals surface area contributed by atoms with Gasteiger partial charge in [0, 0.05) is 23.9 Å². The smallest absolute Gasteiger partial charge is 0.0844 e. The van der Waals surface area contributed by atoms with Gasteiger partial charge in [-0.2, -0.15) is 0 Å². The topological polar surface area (TPSA) is 18.5 Å². The summed E-state index contributed by atoms with van der Waals surface area (Å²) in [5, 5.41) is 0. The Hall–Kier alpha value is 0.880. The van der Waals surface area contributed by atoms with Crippen molar-refractivity contribution in [3.05, 3.63) is 0 Å². The summed E-state index contributed by atoms with van der Waals surface area (Å²) in [6.45, 7) is 0. The van der Waals surface area contributed by atoms with E-state index in [0.29, 0.717) is 9.65 Å². The van der Waals surface area contributed by atoms with Crippen LogP contribution in [-0.2, 0) is 9.47 Å². The minimum Gasteiger partial charge on any atom is -0.379 e. The molecule has 4 heteroatoms. The number of halogens is 2. The van der Waals surface area contributed by atoms with Crippen molar-refractivity contribution in [2.24, 2.45) is 0 Å². The van der Waals surface area contributed by atoms with Gasteiger partial charge in [-0.25, -0.2) is 0 Å². The maximum absolute atomic E-state index is 5.34. The zero-order chi connectivity index (χ0) is 9.14. The lowest BCUT2D eigenvalue weighted by Gasteiger charge is -2.35. The third-order valence-corrected chi connectivity index (χ3v) is 5.06. The molecular formula is C8H14Br2O2. The van der Waals surface area contributed by atoms with Gasteiger partial charge in [0.1, 0.15) is 0 Å². The van der Waals surface area contributed by atoms with Crippen molar-refractivity contribution in [1.82, 2.24) is 0 Å². The molecule has 1 fully saturated rings. The van der Waals surface area contributed by atoms with E-state index < -0.39 is 0 Å². The van der Waals surface area contributed by atoms with Crippen LogP contribution in [0.15, 0.2) is 0 Å². The third kappa shape index (κ3) is 2.44. The first-order valence-electron chi connectivity index (χ1n) is 4.02. The molecule has 0 aromatic carbocycles. The van der Waals surface area contributed by atoms with E-state index in [2.05, 4.69) is 31.9 Å². The van der Waals surface area contributed by atoms with Gasteiger partial charge < -0.3 is 9.47 Å². The Morgan fingerprint density at radius 3 is 1.50 bits per heavy atom. The second-order valence-corrected chi connectivity index (χ2v) is 5.40. The zero-order valence-corrected chi connectivity index (χ0v) is 10.5. The van der Waals surface area contributed by atoms with E-state index in [0.717, 1.165) is 12.8 Å².